The minimum Gasteiger partial charge on any atom is -0.496 e. The van der Waals surface area contributed by atoms with Crippen LogP contribution in [0.4, 0.5) is 0 Å². The van der Waals surface area contributed by atoms with Crippen LogP contribution in [0.15, 0.2) is 51.2 Å². The fourth-order valence-electron chi connectivity index (χ4n) is 9.76. The highest BCUT2D eigenvalue weighted by molar-refractivity contribution is 6.25. The van der Waals surface area contributed by atoms with Crippen LogP contribution in [-0.2, 0) is 25.5 Å². The molecular weight excluding hydrogens is 720 g/mol. The second-order valence-corrected chi connectivity index (χ2v) is 15.0. The molecule has 294 valence electrons. The van der Waals surface area contributed by atoms with E-state index in [1.54, 1.807) is 40.4 Å². The summed E-state index contributed by atoms with van der Waals surface area (Å²) in [6, 6.07) is 6.81. The highest BCUT2D eigenvalue weighted by atomic mass is 16.5. The summed E-state index contributed by atoms with van der Waals surface area (Å²) in [4.78, 5) is 46.2. The molecule has 2 bridgehead atoms. The van der Waals surface area contributed by atoms with E-state index in [-0.39, 0.29) is 47.7 Å². The van der Waals surface area contributed by atoms with Gasteiger partial charge in [-0.25, -0.2) is 0 Å². The summed E-state index contributed by atoms with van der Waals surface area (Å²) in [5.41, 5.74) is 3.84. The molecule has 5 aliphatic rings. The lowest BCUT2D eigenvalue weighted by Gasteiger charge is -2.60. The zero-order chi connectivity index (χ0) is 39.6. The van der Waals surface area contributed by atoms with Gasteiger partial charge < -0.3 is 38.2 Å². The van der Waals surface area contributed by atoms with Gasteiger partial charge in [0.2, 0.25) is 5.78 Å². The number of piperazine rings is 1. The van der Waals surface area contributed by atoms with Crippen molar-refractivity contribution in [1.82, 2.24) is 15.1 Å². The second-order valence-electron chi connectivity index (χ2n) is 15.0. The van der Waals surface area contributed by atoms with Crippen molar-refractivity contribution in [2.45, 2.75) is 75.8 Å². The molecule has 1 N–H and O–H groups in total. The fraction of sp³-hybridized carbons (Fsp3) is 0.476. The van der Waals surface area contributed by atoms with Crippen molar-refractivity contribution in [3.8, 4) is 29.1 Å². The number of carbonyl (C=O) groups excluding carboxylic acids is 3. The van der Waals surface area contributed by atoms with Gasteiger partial charge in [-0.1, -0.05) is 0 Å². The van der Waals surface area contributed by atoms with Gasteiger partial charge in [0.25, 0.3) is 5.91 Å². The van der Waals surface area contributed by atoms with Gasteiger partial charge in [0.15, 0.2) is 28.8 Å². The molecule has 0 spiro atoms. The minimum absolute atomic E-state index is 0.0301. The summed E-state index contributed by atoms with van der Waals surface area (Å²) < 4.78 is 41.2. The van der Waals surface area contributed by atoms with Crippen LogP contribution in [0.1, 0.15) is 59.5 Å². The minimum atomic E-state index is -0.746. The Balaban J connectivity index is 1.20. The topological polar surface area (TPSA) is 162 Å². The summed E-state index contributed by atoms with van der Waals surface area (Å²) in [6.07, 6.45) is 2.22. The first-order valence-electron chi connectivity index (χ1n) is 18.9. The second kappa shape index (κ2) is 14.6. The number of amides is 1. The van der Waals surface area contributed by atoms with E-state index in [1.165, 1.54) is 7.11 Å². The van der Waals surface area contributed by atoms with Crippen molar-refractivity contribution in [3.63, 3.8) is 0 Å². The molecule has 14 nitrogen and oxygen atoms in total. The molecule has 5 atom stereocenters. The Morgan fingerprint density at radius 3 is 2.36 bits per heavy atom. The molecule has 5 heterocycles. The predicted molar refractivity (Wildman–Crippen MR) is 202 cm³/mol. The number of carbonyl (C=O) groups is 3. The first-order chi connectivity index (χ1) is 27.1. The number of rotatable bonds is 9. The lowest BCUT2D eigenvalue weighted by Crippen LogP contribution is -2.72. The zero-order valence-corrected chi connectivity index (χ0v) is 32.6. The average Bonchev–Trinajstić information content (AvgIpc) is 3.63. The number of ether oxygens (including phenoxy) is 6. The summed E-state index contributed by atoms with van der Waals surface area (Å²) in [5, 5.41) is 14.8. The molecule has 2 aromatic carbocycles. The molecule has 1 amide bonds. The van der Waals surface area contributed by atoms with Gasteiger partial charge in [-0.05, 0) is 58.0 Å². The van der Waals surface area contributed by atoms with E-state index in [0.29, 0.717) is 64.9 Å². The van der Waals surface area contributed by atoms with E-state index >= 15 is 0 Å². The van der Waals surface area contributed by atoms with Crippen LogP contribution in [0.3, 0.4) is 0 Å². The van der Waals surface area contributed by atoms with E-state index < -0.39 is 36.1 Å². The number of ketones is 2. The Morgan fingerprint density at radius 1 is 0.946 bits per heavy atom. The zero-order valence-electron chi connectivity index (χ0n) is 32.6. The number of likely N-dealkylation sites (N-methyl/N-ethyl adjacent to an activating group) is 1. The van der Waals surface area contributed by atoms with Crippen molar-refractivity contribution in [2.75, 3.05) is 55.2 Å². The maximum atomic E-state index is 14.2. The molecule has 0 radical (unpaired) electrons. The number of nitrogens with zero attached hydrogens (tertiary/aromatic N) is 3. The molecule has 0 saturated carbocycles. The summed E-state index contributed by atoms with van der Waals surface area (Å²) >= 11 is 0. The normalized spacial score (nSPS) is 25.3. The molecule has 0 unspecified atom stereocenters. The largest absolute Gasteiger partial charge is 0.496 e. The smallest absolute Gasteiger partial charge is 0.287 e. The molecule has 1 aliphatic carbocycles. The van der Waals surface area contributed by atoms with Gasteiger partial charge in [-0.15, -0.1) is 0 Å². The number of methoxy groups -OCH3 is 4. The summed E-state index contributed by atoms with van der Waals surface area (Å²) in [6.45, 7) is 4.84. The predicted octanol–water partition coefficient (Wildman–Crippen LogP) is 4.37. The number of nitrogens with one attached hydrogen (secondary N) is 1. The average molecular weight is 767 g/mol. The molecule has 56 heavy (non-hydrogen) atoms. The molecule has 3 aromatic rings. The van der Waals surface area contributed by atoms with Crippen molar-refractivity contribution >= 4 is 28.4 Å². The van der Waals surface area contributed by atoms with Crippen LogP contribution in [0.25, 0.3) is 11.0 Å². The Labute approximate surface area is 324 Å². The lowest BCUT2D eigenvalue weighted by molar-refractivity contribution is -0.123. The number of allylic oxidation sites excluding steroid dienone is 2. The molecule has 8 rings (SSSR count). The first kappa shape index (κ1) is 37.6. The highest BCUT2D eigenvalue weighted by Crippen LogP contribution is 2.55. The number of nitriles is 1. The molecular formula is C42H46N4O10. The molecule has 4 aliphatic heterocycles. The first-order valence-corrected chi connectivity index (χ1v) is 18.9. The third-order valence-corrected chi connectivity index (χ3v) is 12.3. The lowest BCUT2D eigenvalue weighted by atomic mass is 9.68. The summed E-state index contributed by atoms with van der Waals surface area (Å²) in [5.74, 6) is 1.33. The van der Waals surface area contributed by atoms with Crippen LogP contribution < -0.4 is 24.3 Å². The quantitative estimate of drug-likeness (QED) is 0.306. The SMILES string of the molecule is COC1=C(C)C(=O)C2=C(C1=O)[C@@H]1[C@@H]3Cc4c(OC)c(C)c(OC)c(OC)c4[C@H](CNC(=O)c4cc5cc(OC6CCOCC6)ccc5o4)N3[C@@H](C#N)[C@H](C2)N1C. The van der Waals surface area contributed by atoms with E-state index in [9.17, 15) is 19.6 Å². The third-order valence-electron chi connectivity index (χ3n) is 12.3. The maximum Gasteiger partial charge on any atom is 0.287 e. The monoisotopic (exact) mass is 766 g/mol. The fourth-order valence-corrected chi connectivity index (χ4v) is 9.76. The standard InChI is InChI=1S/C42H46N4O10/c1-20-36(47)25-16-27-29(18-43)46-28(35(45(27)3)34(25)37(48)39(20)51-5)17-26-33(41(53-7)40(52-6)21(2)38(26)50-4)30(46)19-44-42(49)32-15-22-14-24(8-9-31(22)56-32)55-23-10-12-54-13-11-23/h8-9,14-15,23,27-30,35H,10-13,16-17,19H2,1-7H3,(H,44,49)/t27-,28-,29-,30-,35-/m0/s1. The van der Waals surface area contributed by atoms with Crippen molar-refractivity contribution < 1.29 is 47.2 Å². The van der Waals surface area contributed by atoms with Crippen molar-refractivity contribution in [3.05, 3.63) is 69.2 Å². The molecule has 14 heteroatoms. The Bertz CT molecular complexity index is 2240. The van der Waals surface area contributed by atoms with Gasteiger partial charge in [0.1, 0.15) is 29.2 Å². The highest BCUT2D eigenvalue weighted by Gasteiger charge is 2.59. The van der Waals surface area contributed by atoms with Crippen molar-refractivity contribution in [1.29, 1.82) is 5.26 Å². The number of hydrogen-bond acceptors (Lipinski definition) is 13. The Morgan fingerprint density at radius 2 is 1.68 bits per heavy atom. The van der Waals surface area contributed by atoms with E-state index in [2.05, 4.69) is 21.2 Å². The van der Waals surface area contributed by atoms with Crippen LogP contribution in [0, 0.1) is 18.3 Å². The number of benzene rings is 2. The van der Waals surface area contributed by atoms with E-state index in [0.717, 1.165) is 29.4 Å². The summed E-state index contributed by atoms with van der Waals surface area (Å²) in [7, 11) is 8.01. The Kier molecular flexibility index (Phi) is 9.80. The third kappa shape index (κ3) is 5.74. The van der Waals surface area contributed by atoms with E-state index in [4.69, 9.17) is 32.8 Å². The maximum absolute atomic E-state index is 14.2. The Hall–Kier alpha value is -5.36. The van der Waals surface area contributed by atoms with Crippen LogP contribution in [0.5, 0.6) is 23.0 Å². The van der Waals surface area contributed by atoms with Gasteiger partial charge >= 0.3 is 0 Å². The molecule has 2 fully saturated rings. The van der Waals surface area contributed by atoms with Crippen LogP contribution in [0.2, 0.25) is 0 Å². The number of furan rings is 1. The number of fused-ring (bicyclic) bond motifs is 7. The van der Waals surface area contributed by atoms with Gasteiger partial charge in [-0.2, -0.15) is 5.26 Å². The van der Waals surface area contributed by atoms with Gasteiger partial charge in [0.05, 0.1) is 59.8 Å². The number of hydrogen-bond donors (Lipinski definition) is 1. The van der Waals surface area contributed by atoms with Gasteiger partial charge in [-0.3, -0.25) is 24.2 Å². The van der Waals surface area contributed by atoms with E-state index in [1.807, 2.05) is 26.1 Å². The van der Waals surface area contributed by atoms with Crippen LogP contribution in [-0.4, -0.2) is 113 Å². The molecule has 1 aromatic heterocycles. The van der Waals surface area contributed by atoms with Crippen molar-refractivity contribution in [2.24, 2.45) is 0 Å². The number of Topliss-reactive ketones (excluding diaryl/α,β-unsaturated/α-hetero) is 2. The van der Waals surface area contributed by atoms with Gasteiger partial charge in [0, 0.05) is 70.3 Å². The van der Waals surface area contributed by atoms with Crippen LogP contribution >= 0.6 is 0 Å². The molecule has 2 saturated heterocycles.